The van der Waals surface area contributed by atoms with Crippen molar-refractivity contribution in [2.45, 2.75) is 6.42 Å². The van der Waals surface area contributed by atoms with Gasteiger partial charge in [-0.05, 0) is 29.8 Å². The van der Waals surface area contributed by atoms with Gasteiger partial charge in [-0.3, -0.25) is 9.59 Å². The fourth-order valence-electron chi connectivity index (χ4n) is 2.47. The molecule has 0 bridgehead atoms. The lowest BCUT2D eigenvalue weighted by atomic mass is 10.1. The zero-order valence-corrected chi connectivity index (χ0v) is 15.9. The maximum absolute atomic E-state index is 13.5. The van der Waals surface area contributed by atoms with E-state index in [1.165, 1.54) is 0 Å². The number of amides is 2. The molecule has 0 aliphatic carbocycles. The Hall–Kier alpha value is -2.75. The van der Waals surface area contributed by atoms with Crippen molar-refractivity contribution in [1.29, 1.82) is 0 Å². The summed E-state index contributed by atoms with van der Waals surface area (Å²) in [6.45, 7) is 0.368. The molecule has 28 heavy (non-hydrogen) atoms. The third kappa shape index (κ3) is 4.56. The van der Waals surface area contributed by atoms with E-state index >= 15 is 0 Å². The minimum absolute atomic E-state index is 0.0515. The third-order valence-corrected chi connectivity index (χ3v) is 4.56. The lowest BCUT2D eigenvalue weighted by molar-refractivity contribution is -0.123. The van der Waals surface area contributed by atoms with Gasteiger partial charge in [-0.1, -0.05) is 15.9 Å². The van der Waals surface area contributed by atoms with E-state index in [1.807, 2.05) is 0 Å². The Morgan fingerprint density at radius 3 is 2.39 bits per heavy atom. The Balaban J connectivity index is 1.56. The molecule has 0 fully saturated rings. The van der Waals surface area contributed by atoms with Gasteiger partial charge in [0.05, 0.1) is 18.7 Å². The molecule has 0 spiro atoms. The summed E-state index contributed by atoms with van der Waals surface area (Å²) >= 11 is 3.35. The number of nitrogens with one attached hydrogen (secondary N) is 2. The van der Waals surface area contributed by atoms with E-state index in [2.05, 4.69) is 26.6 Å². The van der Waals surface area contributed by atoms with Crippen LogP contribution >= 0.6 is 15.9 Å². The molecule has 0 aromatic heterocycles. The molecule has 1 aliphatic rings. The summed E-state index contributed by atoms with van der Waals surface area (Å²) < 4.78 is 51.1. The van der Waals surface area contributed by atoms with Gasteiger partial charge in [0.15, 0.2) is 29.0 Å². The molecule has 1 heterocycles. The van der Waals surface area contributed by atoms with Crippen LogP contribution in [-0.4, -0.2) is 31.6 Å². The molecule has 0 saturated heterocycles. The highest BCUT2D eigenvalue weighted by molar-refractivity contribution is 9.10. The van der Waals surface area contributed by atoms with E-state index in [9.17, 15) is 22.8 Å². The normalized spacial score (nSPS) is 12.4. The van der Waals surface area contributed by atoms with E-state index in [4.69, 9.17) is 9.47 Å². The summed E-state index contributed by atoms with van der Waals surface area (Å²) in [6, 6.07) is 4.93. The average molecular weight is 459 g/mol. The third-order valence-electron chi connectivity index (χ3n) is 3.82. The number of halogens is 4. The number of anilines is 1. The fourth-order valence-corrected chi connectivity index (χ4v) is 2.94. The Bertz CT molecular complexity index is 940. The van der Waals surface area contributed by atoms with Gasteiger partial charge in [-0.25, -0.2) is 13.2 Å². The van der Waals surface area contributed by atoms with Gasteiger partial charge in [0, 0.05) is 4.47 Å². The maximum atomic E-state index is 13.5. The number of rotatable bonds is 5. The molecule has 3 rings (SSSR count). The first-order valence-corrected chi connectivity index (χ1v) is 8.92. The number of fused-ring (bicyclic) bond motifs is 1. The molecule has 2 N–H and O–H groups in total. The van der Waals surface area contributed by atoms with Gasteiger partial charge in [0.2, 0.25) is 11.8 Å². The van der Waals surface area contributed by atoms with Crippen molar-refractivity contribution in [2.75, 3.05) is 25.1 Å². The standard InChI is InChI=1S/C18H14BrF3N2O4/c19-10-7-14-13(27-3-4-28-14)5-9(10)6-15(25)23-8-16(26)24-12-2-1-11(20)17(21)18(12)22/h1-2,5,7H,3-4,6,8H2,(H,23,25)(H,24,26). The Morgan fingerprint density at radius 1 is 1.00 bits per heavy atom. The predicted octanol–water partition coefficient (Wildman–Crippen LogP) is 2.94. The average Bonchev–Trinajstić information content (AvgIpc) is 2.67. The summed E-state index contributed by atoms with van der Waals surface area (Å²) in [6.07, 6.45) is -0.0515. The number of hydrogen-bond acceptors (Lipinski definition) is 4. The summed E-state index contributed by atoms with van der Waals surface area (Å²) in [4.78, 5) is 23.9. The highest BCUT2D eigenvalue weighted by Gasteiger charge is 2.18. The highest BCUT2D eigenvalue weighted by atomic mass is 79.9. The van der Waals surface area contributed by atoms with Crippen LogP contribution in [0, 0.1) is 17.5 Å². The quantitative estimate of drug-likeness (QED) is 0.675. The molecule has 10 heteroatoms. The Morgan fingerprint density at radius 2 is 1.68 bits per heavy atom. The molecule has 0 unspecified atom stereocenters. The monoisotopic (exact) mass is 458 g/mol. The second-order valence-corrected chi connectivity index (χ2v) is 6.67. The van der Waals surface area contributed by atoms with E-state index < -0.39 is 41.5 Å². The number of ether oxygens (including phenoxy) is 2. The maximum Gasteiger partial charge on any atom is 0.243 e. The van der Waals surface area contributed by atoms with Crippen LogP contribution in [0.2, 0.25) is 0 Å². The molecule has 2 amide bonds. The van der Waals surface area contributed by atoms with Crippen LogP contribution in [0.1, 0.15) is 5.56 Å². The van der Waals surface area contributed by atoms with Crippen LogP contribution in [0.3, 0.4) is 0 Å². The fraction of sp³-hybridized carbons (Fsp3) is 0.222. The van der Waals surface area contributed by atoms with Crippen LogP contribution in [0.4, 0.5) is 18.9 Å². The van der Waals surface area contributed by atoms with Crippen molar-refractivity contribution in [3.05, 3.63) is 51.8 Å². The van der Waals surface area contributed by atoms with Crippen molar-refractivity contribution in [1.82, 2.24) is 5.32 Å². The molecule has 2 aromatic carbocycles. The number of carbonyl (C=O) groups is 2. The molecule has 0 saturated carbocycles. The van der Waals surface area contributed by atoms with Gasteiger partial charge in [-0.2, -0.15) is 0 Å². The van der Waals surface area contributed by atoms with Gasteiger partial charge >= 0.3 is 0 Å². The zero-order valence-electron chi connectivity index (χ0n) is 14.3. The van der Waals surface area contributed by atoms with Crippen LogP contribution in [0.5, 0.6) is 11.5 Å². The van der Waals surface area contributed by atoms with Gasteiger partial charge < -0.3 is 20.1 Å². The number of benzene rings is 2. The molecule has 6 nitrogen and oxygen atoms in total. The number of carbonyl (C=O) groups excluding carboxylic acids is 2. The molecule has 2 aromatic rings. The molecule has 0 atom stereocenters. The molecule has 148 valence electrons. The molecule has 1 aliphatic heterocycles. The summed E-state index contributed by atoms with van der Waals surface area (Å²) in [7, 11) is 0. The second kappa shape index (κ2) is 8.51. The smallest absolute Gasteiger partial charge is 0.243 e. The summed E-state index contributed by atoms with van der Waals surface area (Å²) in [5.41, 5.74) is 0.0986. The lowest BCUT2D eigenvalue weighted by Crippen LogP contribution is -2.34. The minimum atomic E-state index is -1.69. The zero-order chi connectivity index (χ0) is 20.3. The second-order valence-electron chi connectivity index (χ2n) is 5.81. The molecular formula is C18H14BrF3N2O4. The first kappa shape index (κ1) is 20.0. The van der Waals surface area contributed by atoms with Crippen molar-refractivity contribution >= 4 is 33.4 Å². The summed E-state index contributed by atoms with van der Waals surface area (Å²) in [5.74, 6) is -4.75. The van der Waals surface area contributed by atoms with Gasteiger partial charge in [0.25, 0.3) is 0 Å². The van der Waals surface area contributed by atoms with E-state index in [0.717, 1.165) is 6.07 Å². The van der Waals surface area contributed by atoms with Crippen molar-refractivity contribution in [3.8, 4) is 11.5 Å². The van der Waals surface area contributed by atoms with Gasteiger partial charge in [-0.15, -0.1) is 0 Å². The van der Waals surface area contributed by atoms with Gasteiger partial charge in [0.1, 0.15) is 13.2 Å². The molecular weight excluding hydrogens is 445 g/mol. The summed E-state index contributed by atoms with van der Waals surface area (Å²) in [5, 5.41) is 4.44. The van der Waals surface area contributed by atoms with E-state index in [-0.39, 0.29) is 6.42 Å². The van der Waals surface area contributed by atoms with Crippen LogP contribution in [0.25, 0.3) is 0 Å². The Labute approximate surface area is 166 Å². The van der Waals surface area contributed by atoms with Crippen LogP contribution < -0.4 is 20.1 Å². The molecule has 0 radical (unpaired) electrons. The van der Waals surface area contributed by atoms with E-state index in [1.54, 1.807) is 12.1 Å². The van der Waals surface area contributed by atoms with Crippen LogP contribution in [0.15, 0.2) is 28.7 Å². The highest BCUT2D eigenvalue weighted by Crippen LogP contribution is 2.35. The van der Waals surface area contributed by atoms with Crippen LogP contribution in [-0.2, 0) is 16.0 Å². The minimum Gasteiger partial charge on any atom is -0.486 e. The van der Waals surface area contributed by atoms with E-state index in [0.29, 0.717) is 40.8 Å². The predicted molar refractivity (Wildman–Crippen MR) is 96.8 cm³/mol. The number of hydrogen-bond donors (Lipinski definition) is 2. The first-order chi connectivity index (χ1) is 13.3. The Kier molecular flexibility index (Phi) is 6.08. The van der Waals surface area contributed by atoms with Crippen molar-refractivity contribution in [2.24, 2.45) is 0 Å². The van der Waals surface area contributed by atoms with Crippen molar-refractivity contribution < 1.29 is 32.2 Å². The first-order valence-electron chi connectivity index (χ1n) is 8.13. The lowest BCUT2D eigenvalue weighted by Gasteiger charge is -2.19. The largest absolute Gasteiger partial charge is 0.486 e. The van der Waals surface area contributed by atoms with Crippen molar-refractivity contribution in [3.63, 3.8) is 0 Å². The topological polar surface area (TPSA) is 76.7 Å². The SMILES string of the molecule is O=C(Cc1cc2c(cc1Br)OCCO2)NCC(=O)Nc1ccc(F)c(F)c1F.